The molecule has 1 N–H and O–H groups in total. The van der Waals surface area contributed by atoms with Gasteiger partial charge >= 0.3 is 5.97 Å². The molecule has 2 aromatic carbocycles. The van der Waals surface area contributed by atoms with Gasteiger partial charge in [-0.05, 0) is 16.3 Å². The Labute approximate surface area is 114 Å². The molecule has 0 heterocycles. The molecule has 2 rings (SSSR count). The monoisotopic (exact) mass is 276 g/mol. The quantitative estimate of drug-likeness (QED) is 0.913. The molecule has 0 aromatic heterocycles. The highest BCUT2D eigenvalue weighted by molar-refractivity contribution is 7.84. The molecule has 2 atom stereocenters. The van der Waals surface area contributed by atoms with Crippen molar-refractivity contribution in [2.24, 2.45) is 0 Å². The molecule has 0 spiro atoms. The second-order valence-corrected chi connectivity index (χ2v) is 6.43. The summed E-state index contributed by atoms with van der Waals surface area (Å²) in [7, 11) is -1.17. The SMILES string of the molecule is CC(CC(=O)O)S(=O)Cc1cccc2ccccc12. The Morgan fingerprint density at radius 3 is 2.63 bits per heavy atom. The van der Waals surface area contributed by atoms with Gasteiger partial charge in [0, 0.05) is 21.8 Å². The van der Waals surface area contributed by atoms with Gasteiger partial charge in [-0.3, -0.25) is 9.00 Å². The Bertz CT molecular complexity index is 616. The Hall–Kier alpha value is -1.68. The van der Waals surface area contributed by atoms with Crippen LogP contribution >= 0.6 is 0 Å². The maximum absolute atomic E-state index is 12.1. The number of fused-ring (bicyclic) bond motifs is 1. The lowest BCUT2D eigenvalue weighted by atomic mass is 10.1. The van der Waals surface area contributed by atoms with E-state index in [0.717, 1.165) is 16.3 Å². The van der Waals surface area contributed by atoms with Crippen LogP contribution in [0.5, 0.6) is 0 Å². The fourth-order valence-electron chi connectivity index (χ4n) is 2.05. The van der Waals surface area contributed by atoms with Crippen molar-refractivity contribution >= 4 is 27.5 Å². The zero-order chi connectivity index (χ0) is 13.8. The fourth-order valence-corrected chi connectivity index (χ4v) is 3.22. The molecule has 2 unspecified atom stereocenters. The van der Waals surface area contributed by atoms with Crippen LogP contribution in [0.4, 0.5) is 0 Å². The van der Waals surface area contributed by atoms with Crippen molar-refractivity contribution in [1.29, 1.82) is 0 Å². The third-order valence-electron chi connectivity index (χ3n) is 3.09. The first-order valence-corrected chi connectivity index (χ1v) is 7.51. The summed E-state index contributed by atoms with van der Waals surface area (Å²) in [6.07, 6.45) is -0.0582. The first-order chi connectivity index (χ1) is 9.08. The van der Waals surface area contributed by atoms with Gasteiger partial charge in [-0.1, -0.05) is 49.4 Å². The molecule has 100 valence electrons. The number of hydrogen-bond acceptors (Lipinski definition) is 2. The molecule has 0 saturated carbocycles. The van der Waals surface area contributed by atoms with Crippen LogP contribution in [0.1, 0.15) is 18.9 Å². The zero-order valence-electron chi connectivity index (χ0n) is 10.7. The van der Waals surface area contributed by atoms with Crippen LogP contribution < -0.4 is 0 Å². The van der Waals surface area contributed by atoms with E-state index in [0.29, 0.717) is 5.75 Å². The lowest BCUT2D eigenvalue weighted by Crippen LogP contribution is -2.17. The molecule has 0 aliphatic carbocycles. The van der Waals surface area contributed by atoms with Crippen molar-refractivity contribution in [1.82, 2.24) is 0 Å². The average molecular weight is 276 g/mol. The highest BCUT2D eigenvalue weighted by atomic mass is 32.2. The second-order valence-electron chi connectivity index (χ2n) is 4.57. The summed E-state index contributed by atoms with van der Waals surface area (Å²) in [6, 6.07) is 13.9. The second kappa shape index (κ2) is 5.97. The minimum Gasteiger partial charge on any atom is -0.481 e. The standard InChI is InChI=1S/C15H16O3S/c1-11(9-15(16)17)19(18)10-13-7-4-6-12-5-2-3-8-14(12)13/h2-8,11H,9-10H2,1H3,(H,16,17). The maximum atomic E-state index is 12.1. The number of aliphatic carboxylic acids is 1. The van der Waals surface area contributed by atoms with E-state index in [1.807, 2.05) is 42.5 Å². The molecule has 0 fully saturated rings. The first-order valence-electron chi connectivity index (χ1n) is 6.13. The summed E-state index contributed by atoms with van der Waals surface area (Å²) in [4.78, 5) is 10.6. The van der Waals surface area contributed by atoms with Gasteiger partial charge in [-0.15, -0.1) is 0 Å². The third kappa shape index (κ3) is 3.41. The van der Waals surface area contributed by atoms with Crippen LogP contribution in [0.15, 0.2) is 42.5 Å². The number of rotatable bonds is 5. The molecule has 2 aromatic rings. The topological polar surface area (TPSA) is 54.4 Å². The molecule has 4 heteroatoms. The normalized spacial score (nSPS) is 14.2. The van der Waals surface area contributed by atoms with Gasteiger partial charge in [0.1, 0.15) is 0 Å². The average Bonchev–Trinajstić information content (AvgIpc) is 2.38. The van der Waals surface area contributed by atoms with Crippen molar-refractivity contribution < 1.29 is 14.1 Å². The zero-order valence-corrected chi connectivity index (χ0v) is 11.5. The van der Waals surface area contributed by atoms with Crippen molar-refractivity contribution in [3.05, 3.63) is 48.0 Å². The van der Waals surface area contributed by atoms with E-state index in [4.69, 9.17) is 5.11 Å². The molecule has 0 radical (unpaired) electrons. The molecule has 0 amide bonds. The molecule has 0 aliphatic rings. The molecule has 3 nitrogen and oxygen atoms in total. The van der Waals surface area contributed by atoms with Crippen LogP contribution in [0.25, 0.3) is 10.8 Å². The van der Waals surface area contributed by atoms with E-state index in [-0.39, 0.29) is 11.7 Å². The van der Waals surface area contributed by atoms with E-state index < -0.39 is 16.8 Å². The van der Waals surface area contributed by atoms with Gasteiger partial charge in [0.05, 0.1) is 6.42 Å². The lowest BCUT2D eigenvalue weighted by molar-refractivity contribution is -0.136. The van der Waals surface area contributed by atoms with Gasteiger partial charge in [0.2, 0.25) is 0 Å². The molecule has 0 bridgehead atoms. The van der Waals surface area contributed by atoms with Gasteiger partial charge < -0.3 is 5.11 Å². The first kappa shape index (κ1) is 13.7. The molecular weight excluding hydrogens is 260 g/mol. The molecular formula is C15H16O3S. The van der Waals surface area contributed by atoms with Gasteiger partial charge in [0.15, 0.2) is 0 Å². The predicted octanol–water partition coefficient (Wildman–Crippen LogP) is 2.95. The highest BCUT2D eigenvalue weighted by Crippen LogP contribution is 2.21. The predicted molar refractivity (Wildman–Crippen MR) is 77.5 cm³/mol. The van der Waals surface area contributed by atoms with Crippen molar-refractivity contribution in [2.75, 3.05) is 0 Å². The van der Waals surface area contributed by atoms with E-state index in [1.54, 1.807) is 6.92 Å². The maximum Gasteiger partial charge on any atom is 0.304 e. The number of carboxylic acid groups (broad SMARTS) is 1. The molecule has 0 aliphatic heterocycles. The lowest BCUT2D eigenvalue weighted by Gasteiger charge is -2.10. The summed E-state index contributed by atoms with van der Waals surface area (Å²) >= 11 is 0. The summed E-state index contributed by atoms with van der Waals surface area (Å²) < 4.78 is 12.1. The summed E-state index contributed by atoms with van der Waals surface area (Å²) in [5, 5.41) is 10.6. The smallest absolute Gasteiger partial charge is 0.304 e. The molecule has 19 heavy (non-hydrogen) atoms. The molecule has 0 saturated heterocycles. The van der Waals surface area contributed by atoms with Crippen molar-refractivity contribution in [3.63, 3.8) is 0 Å². The van der Waals surface area contributed by atoms with E-state index >= 15 is 0 Å². The van der Waals surface area contributed by atoms with Crippen LogP contribution in [-0.2, 0) is 21.3 Å². The van der Waals surface area contributed by atoms with E-state index in [1.165, 1.54) is 0 Å². The number of benzene rings is 2. The largest absolute Gasteiger partial charge is 0.481 e. The Morgan fingerprint density at radius 2 is 1.89 bits per heavy atom. The van der Waals surface area contributed by atoms with Crippen LogP contribution in [0, 0.1) is 0 Å². The minimum atomic E-state index is -1.17. The number of carboxylic acids is 1. The van der Waals surface area contributed by atoms with Crippen molar-refractivity contribution in [3.8, 4) is 0 Å². The van der Waals surface area contributed by atoms with Crippen LogP contribution in [0.3, 0.4) is 0 Å². The summed E-state index contributed by atoms with van der Waals surface area (Å²) in [5.74, 6) is -0.505. The summed E-state index contributed by atoms with van der Waals surface area (Å²) in [5.41, 5.74) is 1.01. The van der Waals surface area contributed by atoms with Gasteiger partial charge in [0.25, 0.3) is 0 Å². The Balaban J connectivity index is 2.22. The van der Waals surface area contributed by atoms with Crippen LogP contribution in [0.2, 0.25) is 0 Å². The van der Waals surface area contributed by atoms with Gasteiger partial charge in [-0.2, -0.15) is 0 Å². The van der Waals surface area contributed by atoms with Crippen LogP contribution in [-0.4, -0.2) is 20.5 Å². The Morgan fingerprint density at radius 1 is 1.21 bits per heavy atom. The van der Waals surface area contributed by atoms with E-state index in [9.17, 15) is 9.00 Å². The summed E-state index contributed by atoms with van der Waals surface area (Å²) in [6.45, 7) is 1.72. The number of hydrogen-bond donors (Lipinski definition) is 1. The Kier molecular flexibility index (Phi) is 4.32. The third-order valence-corrected chi connectivity index (χ3v) is 4.75. The number of carbonyl (C=O) groups is 1. The fraction of sp³-hybridized carbons (Fsp3) is 0.267. The minimum absolute atomic E-state index is 0.0582. The van der Waals surface area contributed by atoms with Gasteiger partial charge in [-0.25, -0.2) is 0 Å². The van der Waals surface area contributed by atoms with E-state index in [2.05, 4.69) is 0 Å². The van der Waals surface area contributed by atoms with Crippen molar-refractivity contribution in [2.45, 2.75) is 24.3 Å². The highest BCUT2D eigenvalue weighted by Gasteiger charge is 2.16.